The average molecular weight is 464 g/mol. The van der Waals surface area contributed by atoms with Crippen LogP contribution >= 0.6 is 22.9 Å². The molecular formula is C23H18ClN5O2S. The zero-order chi connectivity index (χ0) is 22.2. The monoisotopic (exact) mass is 463 g/mol. The van der Waals surface area contributed by atoms with E-state index in [0.717, 1.165) is 27.8 Å². The van der Waals surface area contributed by atoms with Gasteiger partial charge in [-0.25, -0.2) is 15.0 Å². The van der Waals surface area contributed by atoms with E-state index in [1.165, 1.54) is 24.5 Å². The van der Waals surface area contributed by atoms with Crippen molar-refractivity contribution in [1.29, 1.82) is 0 Å². The Kier molecular flexibility index (Phi) is 5.32. The highest BCUT2D eigenvalue weighted by Crippen LogP contribution is 2.29. The van der Waals surface area contributed by atoms with Crippen molar-refractivity contribution in [1.82, 2.24) is 15.0 Å². The predicted octanol–water partition coefficient (Wildman–Crippen LogP) is 4.76. The van der Waals surface area contributed by atoms with Crippen molar-refractivity contribution < 1.29 is 9.59 Å². The van der Waals surface area contributed by atoms with Gasteiger partial charge in [0.05, 0.1) is 21.4 Å². The normalized spacial score (nSPS) is 13.1. The van der Waals surface area contributed by atoms with E-state index in [1.54, 1.807) is 0 Å². The molecule has 4 aromatic rings. The fourth-order valence-electron chi connectivity index (χ4n) is 3.81. The van der Waals surface area contributed by atoms with Gasteiger partial charge in [0.25, 0.3) is 5.91 Å². The number of nitrogens with zero attached hydrogens (tertiary/aromatic N) is 4. The quantitative estimate of drug-likeness (QED) is 0.439. The number of rotatable bonds is 4. The topological polar surface area (TPSA) is 88.1 Å². The molecule has 7 nitrogen and oxygen atoms in total. The number of carbonyl (C=O) groups excluding carboxylic acids is 2. The molecule has 0 spiro atoms. The molecular weight excluding hydrogens is 446 g/mol. The Balaban J connectivity index is 1.43. The van der Waals surface area contributed by atoms with Crippen molar-refractivity contribution in [2.75, 3.05) is 16.8 Å². The standard InChI is InChI=1S/C23H18ClN5O2S/c1-13(30)20-17(24)11-25-22(27-20)29-10-9-14-5-4-6-15(16(14)12-29)21(31)28-23-26-18-7-2-3-8-19(18)32-23/h2-8,11H,9-10,12H2,1H3,(H,26,28,31). The fourth-order valence-corrected chi connectivity index (χ4v) is 4.90. The zero-order valence-corrected chi connectivity index (χ0v) is 18.7. The van der Waals surface area contributed by atoms with Crippen LogP contribution in [0.3, 0.4) is 0 Å². The molecule has 1 aliphatic rings. The van der Waals surface area contributed by atoms with Gasteiger partial charge in [0.1, 0.15) is 5.69 Å². The second-order valence-electron chi connectivity index (χ2n) is 7.48. The lowest BCUT2D eigenvalue weighted by molar-refractivity contribution is 0.100. The number of fused-ring (bicyclic) bond motifs is 2. The van der Waals surface area contributed by atoms with Crippen LogP contribution in [0.15, 0.2) is 48.7 Å². The first kappa shape index (κ1) is 20.5. The summed E-state index contributed by atoms with van der Waals surface area (Å²) >= 11 is 7.50. The van der Waals surface area contributed by atoms with E-state index in [9.17, 15) is 9.59 Å². The van der Waals surface area contributed by atoms with E-state index in [2.05, 4.69) is 20.3 Å². The molecule has 0 atom stereocenters. The number of hydrogen-bond donors (Lipinski definition) is 1. The molecule has 0 radical (unpaired) electrons. The van der Waals surface area contributed by atoms with E-state index in [1.807, 2.05) is 47.4 Å². The molecule has 1 N–H and O–H groups in total. The number of amides is 1. The molecule has 160 valence electrons. The number of thiazole rings is 1. The number of benzene rings is 2. The molecule has 0 fully saturated rings. The zero-order valence-electron chi connectivity index (χ0n) is 17.1. The number of aromatic nitrogens is 3. The molecule has 0 saturated carbocycles. The number of carbonyl (C=O) groups is 2. The summed E-state index contributed by atoms with van der Waals surface area (Å²) in [7, 11) is 0. The van der Waals surface area contributed by atoms with Gasteiger partial charge in [-0.3, -0.25) is 14.9 Å². The Morgan fingerprint density at radius 3 is 2.78 bits per heavy atom. The van der Waals surface area contributed by atoms with E-state index in [4.69, 9.17) is 11.6 Å². The van der Waals surface area contributed by atoms with Crippen LogP contribution in [-0.2, 0) is 13.0 Å². The number of Topliss-reactive ketones (excluding diaryl/α,β-unsaturated/α-hetero) is 1. The van der Waals surface area contributed by atoms with E-state index >= 15 is 0 Å². The van der Waals surface area contributed by atoms with Crippen LogP contribution in [0.1, 0.15) is 38.9 Å². The smallest absolute Gasteiger partial charge is 0.257 e. The van der Waals surface area contributed by atoms with Gasteiger partial charge in [-0.05, 0) is 35.7 Å². The average Bonchev–Trinajstić information content (AvgIpc) is 3.20. The first-order chi connectivity index (χ1) is 15.5. The summed E-state index contributed by atoms with van der Waals surface area (Å²) in [4.78, 5) is 40.1. The van der Waals surface area contributed by atoms with Crippen molar-refractivity contribution in [3.63, 3.8) is 0 Å². The van der Waals surface area contributed by atoms with Gasteiger partial charge in [0.2, 0.25) is 5.95 Å². The SMILES string of the molecule is CC(=O)c1nc(N2CCc3cccc(C(=O)Nc4nc5ccccc5s4)c3C2)ncc1Cl. The van der Waals surface area contributed by atoms with Crippen molar-refractivity contribution in [3.8, 4) is 0 Å². The lowest BCUT2D eigenvalue weighted by Gasteiger charge is -2.30. The lowest BCUT2D eigenvalue weighted by Crippen LogP contribution is -2.33. The largest absolute Gasteiger partial charge is 0.336 e. The number of ketones is 1. The first-order valence-corrected chi connectivity index (χ1v) is 11.2. The Hall–Kier alpha value is -3.36. The summed E-state index contributed by atoms with van der Waals surface area (Å²) in [5.74, 6) is 0.00259. The van der Waals surface area contributed by atoms with Crippen LogP contribution in [0, 0.1) is 0 Å². The highest BCUT2D eigenvalue weighted by Gasteiger charge is 2.25. The van der Waals surface area contributed by atoms with Crippen LogP contribution < -0.4 is 10.2 Å². The van der Waals surface area contributed by atoms with Gasteiger partial charge in [-0.1, -0.05) is 47.2 Å². The molecule has 0 saturated heterocycles. The summed E-state index contributed by atoms with van der Waals surface area (Å²) in [5, 5.41) is 3.74. The van der Waals surface area contributed by atoms with Gasteiger partial charge in [-0.15, -0.1) is 0 Å². The fraction of sp³-hybridized carbons (Fsp3) is 0.174. The van der Waals surface area contributed by atoms with Gasteiger partial charge in [0.15, 0.2) is 10.9 Å². The minimum absolute atomic E-state index is 0.198. The van der Waals surface area contributed by atoms with E-state index < -0.39 is 0 Å². The molecule has 32 heavy (non-hydrogen) atoms. The maximum absolute atomic E-state index is 13.1. The second-order valence-corrected chi connectivity index (χ2v) is 8.92. The van der Waals surface area contributed by atoms with Gasteiger partial charge < -0.3 is 4.90 Å². The minimum Gasteiger partial charge on any atom is -0.336 e. The number of hydrogen-bond acceptors (Lipinski definition) is 7. The van der Waals surface area contributed by atoms with Crippen LogP contribution in [0.4, 0.5) is 11.1 Å². The van der Waals surface area contributed by atoms with Crippen LogP contribution in [-0.4, -0.2) is 33.2 Å². The minimum atomic E-state index is -0.216. The highest BCUT2D eigenvalue weighted by molar-refractivity contribution is 7.22. The molecule has 3 heterocycles. The predicted molar refractivity (Wildman–Crippen MR) is 126 cm³/mol. The molecule has 1 aliphatic heterocycles. The highest BCUT2D eigenvalue weighted by atomic mass is 35.5. The maximum atomic E-state index is 13.1. The van der Waals surface area contributed by atoms with Crippen LogP contribution in [0.2, 0.25) is 5.02 Å². The maximum Gasteiger partial charge on any atom is 0.257 e. The third-order valence-corrected chi connectivity index (χ3v) is 6.61. The summed E-state index contributed by atoms with van der Waals surface area (Å²) in [6.07, 6.45) is 2.18. The summed E-state index contributed by atoms with van der Waals surface area (Å²) < 4.78 is 1.02. The van der Waals surface area contributed by atoms with Gasteiger partial charge in [0, 0.05) is 25.6 Å². The molecule has 0 aliphatic carbocycles. The molecule has 1 amide bonds. The van der Waals surface area contributed by atoms with Crippen molar-refractivity contribution >= 4 is 55.9 Å². The number of halogens is 1. The van der Waals surface area contributed by atoms with Crippen molar-refractivity contribution in [2.24, 2.45) is 0 Å². The number of nitrogens with one attached hydrogen (secondary N) is 1. The second kappa shape index (κ2) is 8.29. The first-order valence-electron chi connectivity index (χ1n) is 10.1. The van der Waals surface area contributed by atoms with Gasteiger partial charge in [-0.2, -0.15) is 0 Å². The Bertz CT molecular complexity index is 1340. The third kappa shape index (κ3) is 3.83. The molecule has 0 bridgehead atoms. The van der Waals surface area contributed by atoms with Crippen molar-refractivity contribution in [2.45, 2.75) is 19.9 Å². The van der Waals surface area contributed by atoms with Crippen molar-refractivity contribution in [3.05, 3.63) is 76.1 Å². The van der Waals surface area contributed by atoms with Gasteiger partial charge >= 0.3 is 0 Å². The number of para-hydroxylation sites is 1. The Morgan fingerprint density at radius 1 is 1.12 bits per heavy atom. The molecule has 0 unspecified atom stereocenters. The van der Waals surface area contributed by atoms with Crippen LogP contribution in [0.5, 0.6) is 0 Å². The number of anilines is 2. The molecule has 2 aromatic carbocycles. The summed E-state index contributed by atoms with van der Waals surface area (Å²) in [6.45, 7) is 2.56. The molecule has 5 rings (SSSR count). The van der Waals surface area contributed by atoms with E-state index in [-0.39, 0.29) is 22.4 Å². The van der Waals surface area contributed by atoms with Crippen LogP contribution in [0.25, 0.3) is 10.2 Å². The lowest BCUT2D eigenvalue weighted by atomic mass is 9.94. The molecule has 9 heteroatoms. The summed E-state index contributed by atoms with van der Waals surface area (Å²) in [5.41, 5.74) is 3.67. The van der Waals surface area contributed by atoms with E-state index in [0.29, 0.717) is 29.7 Å². The molecule has 2 aromatic heterocycles. The Labute approximate surface area is 193 Å². The Morgan fingerprint density at radius 2 is 1.97 bits per heavy atom. The summed E-state index contributed by atoms with van der Waals surface area (Å²) in [6, 6.07) is 13.5. The third-order valence-electron chi connectivity index (χ3n) is 5.38.